The molecule has 0 unspecified atom stereocenters. The van der Waals surface area contributed by atoms with E-state index in [1.54, 1.807) is 0 Å². The van der Waals surface area contributed by atoms with Crippen LogP contribution in [0, 0.1) is 20.8 Å². The fourth-order valence-electron chi connectivity index (χ4n) is 4.46. The summed E-state index contributed by atoms with van der Waals surface area (Å²) in [5.74, 6) is -0.0465. The second-order valence-corrected chi connectivity index (χ2v) is 8.08. The van der Waals surface area contributed by atoms with E-state index in [1.807, 2.05) is 38.2 Å². The number of pyridine rings is 1. The van der Waals surface area contributed by atoms with Crippen molar-refractivity contribution >= 4 is 5.91 Å². The average Bonchev–Trinajstić information content (AvgIpc) is 3.36. The average molecular weight is 389 g/mol. The van der Waals surface area contributed by atoms with E-state index in [9.17, 15) is 4.79 Å². The smallest absolute Gasteiger partial charge is 0.252 e. The van der Waals surface area contributed by atoms with Gasteiger partial charge in [0.05, 0.1) is 29.7 Å². The molecule has 0 aliphatic heterocycles. The Labute approximate surface area is 172 Å². The lowest BCUT2D eigenvalue weighted by Gasteiger charge is -2.13. The molecule has 1 aliphatic carbocycles. The molecule has 1 aromatic carbocycles. The fraction of sp³-hybridized carbons (Fsp3) is 0.375. The molecule has 0 spiro atoms. The van der Waals surface area contributed by atoms with E-state index < -0.39 is 0 Å². The van der Waals surface area contributed by atoms with E-state index in [-0.39, 0.29) is 5.91 Å². The van der Waals surface area contributed by atoms with Gasteiger partial charge < -0.3 is 5.32 Å². The van der Waals surface area contributed by atoms with Crippen LogP contribution in [0.25, 0.3) is 11.4 Å². The third kappa shape index (κ3) is 4.09. The fourth-order valence-corrected chi connectivity index (χ4v) is 4.46. The van der Waals surface area contributed by atoms with Crippen LogP contribution in [-0.2, 0) is 6.54 Å². The number of carbonyl (C=O) groups is 1. The summed E-state index contributed by atoms with van der Waals surface area (Å²) in [6.07, 6.45) is 6.59. The van der Waals surface area contributed by atoms with Gasteiger partial charge in [-0.3, -0.25) is 14.5 Å². The van der Waals surface area contributed by atoms with Crippen molar-refractivity contribution in [3.8, 4) is 11.4 Å². The van der Waals surface area contributed by atoms with Gasteiger partial charge in [-0.1, -0.05) is 36.6 Å². The van der Waals surface area contributed by atoms with Crippen LogP contribution in [0.3, 0.4) is 0 Å². The zero-order valence-electron chi connectivity index (χ0n) is 17.4. The van der Waals surface area contributed by atoms with Gasteiger partial charge in [0.2, 0.25) is 0 Å². The molecular formula is C24H28N4O. The SMILES string of the molecule is Cc1cc(C)c(C(=O)NCc2cc(-c3ccccn3)n(C3CCCC3)n2)c(C)c1. The van der Waals surface area contributed by atoms with Gasteiger partial charge in [-0.2, -0.15) is 5.10 Å². The van der Waals surface area contributed by atoms with Gasteiger partial charge in [-0.05, 0) is 62.9 Å². The molecule has 0 bridgehead atoms. The Morgan fingerprint density at radius 1 is 1.10 bits per heavy atom. The summed E-state index contributed by atoms with van der Waals surface area (Å²) in [6, 6.07) is 12.5. The Balaban J connectivity index is 1.57. The van der Waals surface area contributed by atoms with E-state index in [2.05, 4.69) is 40.1 Å². The van der Waals surface area contributed by atoms with Gasteiger partial charge >= 0.3 is 0 Å². The first-order chi connectivity index (χ1) is 14.0. The number of nitrogens with one attached hydrogen (secondary N) is 1. The summed E-state index contributed by atoms with van der Waals surface area (Å²) < 4.78 is 2.12. The molecule has 29 heavy (non-hydrogen) atoms. The first kappa shape index (κ1) is 19.4. The van der Waals surface area contributed by atoms with Crippen molar-refractivity contribution in [2.24, 2.45) is 0 Å². The molecule has 4 rings (SSSR count). The molecule has 1 fully saturated rings. The van der Waals surface area contributed by atoms with E-state index in [0.29, 0.717) is 12.6 Å². The Bertz CT molecular complexity index is 994. The van der Waals surface area contributed by atoms with E-state index in [0.717, 1.165) is 46.6 Å². The number of carbonyl (C=O) groups excluding carboxylic acids is 1. The summed E-state index contributed by atoms with van der Waals surface area (Å²) in [6.45, 7) is 6.44. The lowest BCUT2D eigenvalue weighted by molar-refractivity contribution is 0.0949. The number of nitrogens with zero attached hydrogens (tertiary/aromatic N) is 3. The molecule has 5 nitrogen and oxygen atoms in total. The van der Waals surface area contributed by atoms with Gasteiger partial charge in [0.15, 0.2) is 0 Å². The van der Waals surface area contributed by atoms with Crippen LogP contribution in [0.4, 0.5) is 0 Å². The minimum atomic E-state index is -0.0465. The molecule has 2 heterocycles. The topological polar surface area (TPSA) is 59.8 Å². The second kappa shape index (κ2) is 8.19. The number of rotatable bonds is 5. The van der Waals surface area contributed by atoms with Crippen LogP contribution in [0.1, 0.15) is 64.5 Å². The number of hydrogen-bond donors (Lipinski definition) is 1. The maximum Gasteiger partial charge on any atom is 0.252 e. The van der Waals surface area contributed by atoms with E-state index >= 15 is 0 Å². The van der Waals surface area contributed by atoms with Crippen molar-refractivity contribution in [2.45, 2.75) is 59.0 Å². The molecule has 3 aromatic rings. The molecule has 1 amide bonds. The summed E-state index contributed by atoms with van der Waals surface area (Å²) in [7, 11) is 0. The highest BCUT2D eigenvalue weighted by Gasteiger charge is 2.23. The van der Waals surface area contributed by atoms with E-state index in [4.69, 9.17) is 5.10 Å². The Morgan fingerprint density at radius 2 is 1.83 bits per heavy atom. The largest absolute Gasteiger partial charge is 0.346 e. The van der Waals surface area contributed by atoms with Crippen LogP contribution < -0.4 is 5.32 Å². The number of amides is 1. The van der Waals surface area contributed by atoms with Crippen molar-refractivity contribution in [2.75, 3.05) is 0 Å². The quantitative estimate of drug-likeness (QED) is 0.675. The van der Waals surface area contributed by atoms with Gasteiger partial charge in [0.1, 0.15) is 0 Å². The van der Waals surface area contributed by atoms with Gasteiger partial charge in [-0.15, -0.1) is 0 Å². The molecule has 1 aliphatic rings. The third-order valence-corrected chi connectivity index (χ3v) is 5.72. The second-order valence-electron chi connectivity index (χ2n) is 8.08. The van der Waals surface area contributed by atoms with Crippen molar-refractivity contribution < 1.29 is 4.79 Å². The van der Waals surface area contributed by atoms with Crippen LogP contribution in [0.15, 0.2) is 42.6 Å². The van der Waals surface area contributed by atoms with Gasteiger partial charge in [-0.25, -0.2) is 0 Å². The highest BCUT2D eigenvalue weighted by atomic mass is 16.1. The molecule has 2 aromatic heterocycles. The molecule has 0 saturated heterocycles. The normalized spacial score (nSPS) is 14.3. The highest BCUT2D eigenvalue weighted by molar-refractivity contribution is 5.97. The zero-order chi connectivity index (χ0) is 20.4. The molecule has 1 saturated carbocycles. The van der Waals surface area contributed by atoms with E-state index in [1.165, 1.54) is 18.4 Å². The molecular weight excluding hydrogens is 360 g/mol. The molecule has 0 radical (unpaired) electrons. The first-order valence-electron chi connectivity index (χ1n) is 10.4. The first-order valence-corrected chi connectivity index (χ1v) is 10.4. The number of aryl methyl sites for hydroxylation is 3. The van der Waals surface area contributed by atoms with Crippen molar-refractivity contribution in [3.05, 3.63) is 70.5 Å². The summed E-state index contributed by atoms with van der Waals surface area (Å²) in [5.41, 5.74) is 6.77. The monoisotopic (exact) mass is 388 g/mol. The van der Waals surface area contributed by atoms with Gasteiger partial charge in [0, 0.05) is 11.8 Å². The summed E-state index contributed by atoms with van der Waals surface area (Å²) in [4.78, 5) is 17.4. The molecule has 150 valence electrons. The van der Waals surface area contributed by atoms with Crippen LogP contribution in [0.5, 0.6) is 0 Å². The lowest BCUT2D eigenvalue weighted by Crippen LogP contribution is -2.25. The van der Waals surface area contributed by atoms with Gasteiger partial charge in [0.25, 0.3) is 5.91 Å². The third-order valence-electron chi connectivity index (χ3n) is 5.72. The maximum atomic E-state index is 12.8. The predicted molar refractivity (Wildman–Crippen MR) is 115 cm³/mol. The Kier molecular flexibility index (Phi) is 5.47. The highest BCUT2D eigenvalue weighted by Crippen LogP contribution is 2.33. The minimum Gasteiger partial charge on any atom is -0.346 e. The lowest BCUT2D eigenvalue weighted by atomic mass is 9.99. The van der Waals surface area contributed by atoms with Crippen molar-refractivity contribution in [3.63, 3.8) is 0 Å². The number of aromatic nitrogens is 3. The Morgan fingerprint density at radius 3 is 2.48 bits per heavy atom. The van der Waals surface area contributed by atoms with Crippen molar-refractivity contribution in [1.82, 2.24) is 20.1 Å². The summed E-state index contributed by atoms with van der Waals surface area (Å²) in [5, 5.41) is 7.92. The maximum absolute atomic E-state index is 12.8. The zero-order valence-corrected chi connectivity index (χ0v) is 17.4. The standard InChI is InChI=1S/C24H28N4O/c1-16-12-17(2)23(18(3)13-16)24(29)26-15-19-14-22(21-10-6-7-11-25-21)28(27-19)20-8-4-5-9-20/h6-7,10-14,20H,4-5,8-9,15H2,1-3H3,(H,26,29). The molecule has 0 atom stereocenters. The molecule has 5 heteroatoms. The number of hydrogen-bond acceptors (Lipinski definition) is 3. The minimum absolute atomic E-state index is 0.0465. The molecule has 1 N–H and O–H groups in total. The Hall–Kier alpha value is -2.95. The number of benzene rings is 1. The van der Waals surface area contributed by atoms with Crippen molar-refractivity contribution in [1.29, 1.82) is 0 Å². The summed E-state index contributed by atoms with van der Waals surface area (Å²) >= 11 is 0. The predicted octanol–water partition coefficient (Wildman–Crippen LogP) is 4.92. The van der Waals surface area contributed by atoms with Crippen LogP contribution in [0.2, 0.25) is 0 Å². The van der Waals surface area contributed by atoms with Crippen LogP contribution in [-0.4, -0.2) is 20.7 Å². The van der Waals surface area contributed by atoms with Crippen LogP contribution >= 0.6 is 0 Å².